The van der Waals surface area contributed by atoms with Gasteiger partial charge in [0.05, 0.1) is 17.3 Å². The van der Waals surface area contributed by atoms with Gasteiger partial charge in [0.15, 0.2) is 9.84 Å². The highest BCUT2D eigenvalue weighted by atomic mass is 32.2. The molecule has 0 bridgehead atoms. The molecule has 0 aromatic rings. The Morgan fingerprint density at radius 3 is 2.45 bits per heavy atom. The summed E-state index contributed by atoms with van der Waals surface area (Å²) in [5.41, 5.74) is 0. The fourth-order valence-electron chi connectivity index (χ4n) is 2.23. The van der Waals surface area contributed by atoms with Crippen LogP contribution in [0.4, 0.5) is 0 Å². The Morgan fingerprint density at radius 2 is 1.95 bits per heavy atom. The standard InChI is InChI=1S/C12H26N2O4S2/c1-11(2)13-7-4-5-8-20(17,18)14(3)12-6-9-19(15,16)10-12/h11-13H,4-10H2,1-3H3. The lowest BCUT2D eigenvalue weighted by Crippen LogP contribution is -2.39. The zero-order valence-electron chi connectivity index (χ0n) is 12.5. The highest BCUT2D eigenvalue weighted by Gasteiger charge is 2.35. The van der Waals surface area contributed by atoms with Crippen molar-refractivity contribution >= 4 is 19.9 Å². The predicted octanol–water partition coefficient (Wildman–Crippen LogP) is 0.213. The second kappa shape index (κ2) is 7.20. The van der Waals surface area contributed by atoms with Gasteiger partial charge in [0.25, 0.3) is 0 Å². The topological polar surface area (TPSA) is 83.6 Å². The average molecular weight is 326 g/mol. The van der Waals surface area contributed by atoms with E-state index in [2.05, 4.69) is 5.32 Å². The summed E-state index contributed by atoms with van der Waals surface area (Å²) in [6, 6.07) is 0.0109. The smallest absolute Gasteiger partial charge is 0.214 e. The van der Waals surface area contributed by atoms with Crippen LogP contribution in [0.1, 0.15) is 33.1 Å². The largest absolute Gasteiger partial charge is 0.315 e. The van der Waals surface area contributed by atoms with Gasteiger partial charge in [0, 0.05) is 19.1 Å². The average Bonchev–Trinajstić information content (AvgIpc) is 2.67. The van der Waals surface area contributed by atoms with Crippen LogP contribution in [0.2, 0.25) is 0 Å². The third-order valence-corrected chi connectivity index (χ3v) is 7.27. The van der Waals surface area contributed by atoms with Crippen LogP contribution in [-0.4, -0.2) is 64.1 Å². The second-order valence-corrected chi connectivity index (χ2v) is 10.1. The van der Waals surface area contributed by atoms with E-state index in [4.69, 9.17) is 0 Å². The molecule has 0 saturated carbocycles. The molecule has 8 heteroatoms. The minimum absolute atomic E-state index is 0.0440. The third-order valence-electron chi connectivity index (χ3n) is 3.54. The van der Waals surface area contributed by atoms with Gasteiger partial charge in [-0.3, -0.25) is 0 Å². The van der Waals surface area contributed by atoms with E-state index in [9.17, 15) is 16.8 Å². The summed E-state index contributed by atoms with van der Waals surface area (Å²) in [4.78, 5) is 0. The van der Waals surface area contributed by atoms with Crippen molar-refractivity contribution in [1.82, 2.24) is 9.62 Å². The molecule has 0 spiro atoms. The fraction of sp³-hybridized carbons (Fsp3) is 1.00. The van der Waals surface area contributed by atoms with Crippen molar-refractivity contribution in [3.05, 3.63) is 0 Å². The van der Waals surface area contributed by atoms with E-state index in [0.29, 0.717) is 18.9 Å². The van der Waals surface area contributed by atoms with Crippen molar-refractivity contribution < 1.29 is 16.8 Å². The molecule has 1 atom stereocenters. The Kier molecular flexibility index (Phi) is 6.43. The maximum absolute atomic E-state index is 12.1. The first-order chi connectivity index (χ1) is 9.14. The highest BCUT2D eigenvalue weighted by Crippen LogP contribution is 2.19. The summed E-state index contributed by atoms with van der Waals surface area (Å²) in [6.45, 7) is 4.89. The Morgan fingerprint density at radius 1 is 1.30 bits per heavy atom. The Hall–Kier alpha value is -0.180. The minimum atomic E-state index is -3.35. The number of unbranched alkanes of at least 4 members (excludes halogenated alkanes) is 1. The molecule has 1 N–H and O–H groups in total. The molecule has 0 aliphatic carbocycles. The molecule has 1 heterocycles. The van der Waals surface area contributed by atoms with Gasteiger partial charge in [-0.05, 0) is 25.8 Å². The van der Waals surface area contributed by atoms with Crippen LogP contribution < -0.4 is 5.32 Å². The summed E-state index contributed by atoms with van der Waals surface area (Å²) in [5.74, 6) is 0.132. The first kappa shape index (κ1) is 17.9. The zero-order valence-corrected chi connectivity index (χ0v) is 14.1. The van der Waals surface area contributed by atoms with Crippen molar-refractivity contribution in [2.75, 3.05) is 30.9 Å². The lowest BCUT2D eigenvalue weighted by Gasteiger charge is -2.22. The predicted molar refractivity (Wildman–Crippen MR) is 81.0 cm³/mol. The van der Waals surface area contributed by atoms with Crippen LogP contribution in [0.5, 0.6) is 0 Å². The Bertz CT molecular complexity index is 500. The molecule has 1 fully saturated rings. The molecule has 1 aliphatic heterocycles. The van der Waals surface area contributed by atoms with E-state index in [1.54, 1.807) is 0 Å². The molecule has 1 rings (SSSR count). The summed E-state index contributed by atoms with van der Waals surface area (Å²) < 4.78 is 48.3. The van der Waals surface area contributed by atoms with Crippen LogP contribution in [-0.2, 0) is 19.9 Å². The molecule has 0 radical (unpaired) electrons. The molecule has 1 saturated heterocycles. The Labute approximate surface area is 122 Å². The van der Waals surface area contributed by atoms with Gasteiger partial charge in [-0.2, -0.15) is 0 Å². The Balaban J connectivity index is 2.40. The minimum Gasteiger partial charge on any atom is -0.315 e. The van der Waals surface area contributed by atoms with E-state index in [1.807, 2.05) is 13.8 Å². The molecule has 1 aliphatic rings. The van der Waals surface area contributed by atoms with Gasteiger partial charge in [-0.1, -0.05) is 13.8 Å². The molecular formula is C12H26N2O4S2. The summed E-state index contributed by atoms with van der Waals surface area (Å²) in [7, 11) is -4.92. The van der Waals surface area contributed by atoms with E-state index in [-0.39, 0.29) is 17.3 Å². The van der Waals surface area contributed by atoms with E-state index >= 15 is 0 Å². The van der Waals surface area contributed by atoms with Crippen LogP contribution in [0.25, 0.3) is 0 Å². The van der Waals surface area contributed by atoms with Crippen molar-refractivity contribution in [3.63, 3.8) is 0 Å². The number of nitrogens with one attached hydrogen (secondary N) is 1. The number of sulfone groups is 1. The molecule has 120 valence electrons. The van der Waals surface area contributed by atoms with Gasteiger partial charge < -0.3 is 5.32 Å². The molecule has 1 unspecified atom stereocenters. The van der Waals surface area contributed by atoms with Crippen molar-refractivity contribution in [2.45, 2.75) is 45.2 Å². The van der Waals surface area contributed by atoms with Gasteiger partial charge in [-0.25, -0.2) is 21.1 Å². The van der Waals surface area contributed by atoms with Crippen molar-refractivity contribution in [3.8, 4) is 0 Å². The van der Waals surface area contributed by atoms with Gasteiger partial charge in [0.2, 0.25) is 10.0 Å². The SMILES string of the molecule is CC(C)NCCCCS(=O)(=O)N(C)C1CCS(=O)(=O)C1. The van der Waals surface area contributed by atoms with E-state index in [1.165, 1.54) is 11.4 Å². The number of sulfonamides is 1. The number of hydrogen-bond acceptors (Lipinski definition) is 5. The third kappa shape index (κ3) is 5.67. The quantitative estimate of drug-likeness (QED) is 0.645. The normalized spacial score (nSPS) is 22.8. The highest BCUT2D eigenvalue weighted by molar-refractivity contribution is 7.92. The maximum Gasteiger partial charge on any atom is 0.214 e. The lowest BCUT2D eigenvalue weighted by molar-refractivity contribution is 0.393. The number of hydrogen-bond donors (Lipinski definition) is 1. The van der Waals surface area contributed by atoms with Crippen molar-refractivity contribution in [2.24, 2.45) is 0 Å². The van der Waals surface area contributed by atoms with Gasteiger partial charge in [-0.15, -0.1) is 0 Å². The number of rotatable bonds is 8. The second-order valence-electron chi connectivity index (χ2n) is 5.71. The van der Waals surface area contributed by atoms with Crippen LogP contribution in [0, 0.1) is 0 Å². The van der Waals surface area contributed by atoms with Crippen LogP contribution >= 0.6 is 0 Å². The van der Waals surface area contributed by atoms with E-state index < -0.39 is 25.9 Å². The summed E-state index contributed by atoms with van der Waals surface area (Å²) >= 11 is 0. The van der Waals surface area contributed by atoms with Gasteiger partial charge >= 0.3 is 0 Å². The molecule has 0 aromatic carbocycles. The first-order valence-corrected chi connectivity index (χ1v) is 10.5. The fourth-order valence-corrected chi connectivity index (χ4v) is 5.59. The van der Waals surface area contributed by atoms with E-state index in [0.717, 1.165) is 13.0 Å². The molecule has 6 nitrogen and oxygen atoms in total. The molecule has 0 amide bonds. The van der Waals surface area contributed by atoms with Gasteiger partial charge in [0.1, 0.15) is 0 Å². The van der Waals surface area contributed by atoms with Crippen LogP contribution in [0.15, 0.2) is 0 Å². The maximum atomic E-state index is 12.1. The molecule has 20 heavy (non-hydrogen) atoms. The van der Waals surface area contributed by atoms with Crippen molar-refractivity contribution in [1.29, 1.82) is 0 Å². The number of nitrogens with zero attached hydrogens (tertiary/aromatic N) is 1. The lowest BCUT2D eigenvalue weighted by atomic mass is 10.3. The summed E-state index contributed by atoms with van der Waals surface area (Å²) in [6.07, 6.45) is 1.80. The summed E-state index contributed by atoms with van der Waals surface area (Å²) in [5, 5.41) is 3.24. The van der Waals surface area contributed by atoms with Crippen LogP contribution in [0.3, 0.4) is 0 Å². The molecular weight excluding hydrogens is 300 g/mol. The first-order valence-electron chi connectivity index (χ1n) is 7.03. The zero-order chi connectivity index (χ0) is 15.4. The monoisotopic (exact) mass is 326 g/mol. The molecule has 0 aromatic heterocycles.